The Bertz CT molecular complexity index is 319. The molecular formula is C10H11IO3. The van der Waals surface area contributed by atoms with Gasteiger partial charge in [0.2, 0.25) is 0 Å². The van der Waals surface area contributed by atoms with Crippen molar-refractivity contribution in [2.75, 3.05) is 7.11 Å². The number of rotatable bonds is 4. The Balaban J connectivity index is 2.51. The molecule has 0 aliphatic heterocycles. The molecule has 76 valence electrons. The Kier molecular flexibility index (Phi) is 4.58. The third-order valence-electron chi connectivity index (χ3n) is 1.62. The Morgan fingerprint density at radius 3 is 2.57 bits per heavy atom. The maximum atomic E-state index is 10.8. The summed E-state index contributed by atoms with van der Waals surface area (Å²) in [5.74, 6) is 0.796. The van der Waals surface area contributed by atoms with Gasteiger partial charge in [-0.15, -0.1) is 0 Å². The van der Waals surface area contributed by atoms with Crippen LogP contribution in [-0.4, -0.2) is 15.6 Å². The lowest BCUT2D eigenvalue weighted by atomic mass is 10.2. The van der Waals surface area contributed by atoms with Crippen molar-refractivity contribution in [3.63, 3.8) is 0 Å². The first-order valence-electron chi connectivity index (χ1n) is 3.94. The number of hydrogen-bond donors (Lipinski definition) is 0. The zero-order valence-electron chi connectivity index (χ0n) is 7.83. The number of carbonyl (C=O) groups is 1. The van der Waals surface area contributed by atoms with Gasteiger partial charge in [-0.3, -0.25) is 0 Å². The highest BCUT2D eigenvalue weighted by Gasteiger charge is 1.98. The Morgan fingerprint density at radius 2 is 2.07 bits per heavy atom. The van der Waals surface area contributed by atoms with Crippen LogP contribution in [0, 0.1) is 0 Å². The zero-order chi connectivity index (χ0) is 10.4. The molecule has 0 saturated heterocycles. The van der Waals surface area contributed by atoms with Gasteiger partial charge in [-0.05, 0) is 38.4 Å². The van der Waals surface area contributed by atoms with E-state index in [9.17, 15) is 4.79 Å². The highest BCUT2D eigenvalue weighted by Crippen LogP contribution is 2.12. The molecule has 0 unspecified atom stereocenters. The summed E-state index contributed by atoms with van der Waals surface area (Å²) in [7, 11) is 1.61. The summed E-state index contributed by atoms with van der Waals surface area (Å²) >= 11 is -0.699. The third kappa shape index (κ3) is 3.45. The molecule has 0 bridgehead atoms. The van der Waals surface area contributed by atoms with Crippen LogP contribution in [0.4, 0.5) is 4.79 Å². The second-order valence-corrected chi connectivity index (χ2v) is 4.15. The van der Waals surface area contributed by atoms with E-state index in [4.69, 9.17) is 9.47 Å². The van der Waals surface area contributed by atoms with E-state index in [-0.39, 0.29) is 3.98 Å². The van der Waals surface area contributed by atoms with Crippen molar-refractivity contribution in [2.45, 2.75) is 6.61 Å². The van der Waals surface area contributed by atoms with Gasteiger partial charge in [-0.25, -0.2) is 4.79 Å². The predicted octanol–water partition coefficient (Wildman–Crippen LogP) is 2.73. The Morgan fingerprint density at radius 1 is 1.43 bits per heavy atom. The first kappa shape index (κ1) is 11.2. The third-order valence-corrected chi connectivity index (χ3v) is 2.55. The average molecular weight is 306 g/mol. The summed E-state index contributed by atoms with van der Waals surface area (Å²) in [4.78, 5) is 10.8. The van der Waals surface area contributed by atoms with Gasteiger partial charge in [-0.2, -0.15) is 0 Å². The molecule has 3 nitrogen and oxygen atoms in total. The fraction of sp³-hybridized carbons (Fsp3) is 0.200. The van der Waals surface area contributed by atoms with Gasteiger partial charge in [-0.1, -0.05) is 16.6 Å². The maximum Gasteiger partial charge on any atom is 0.361 e. The maximum absolute atomic E-state index is 10.8. The van der Waals surface area contributed by atoms with Crippen LogP contribution >= 0.6 is 20.7 Å². The number of halogens is 1. The second-order valence-electron chi connectivity index (χ2n) is 2.51. The molecule has 0 heterocycles. The second kappa shape index (κ2) is 5.74. The zero-order valence-corrected chi connectivity index (χ0v) is 9.98. The SMILES string of the molecule is C=IC(=O)OCc1ccc(OC)cc1. The van der Waals surface area contributed by atoms with E-state index in [2.05, 4.69) is 4.51 Å². The van der Waals surface area contributed by atoms with Crippen molar-refractivity contribution in [3.8, 4) is 5.75 Å². The lowest BCUT2D eigenvalue weighted by molar-refractivity contribution is 0.172. The smallest absolute Gasteiger partial charge is 0.361 e. The number of hydrogen-bond acceptors (Lipinski definition) is 3. The normalized spacial score (nSPS) is 9.50. The molecule has 0 radical (unpaired) electrons. The number of ether oxygens (including phenoxy) is 2. The van der Waals surface area contributed by atoms with Gasteiger partial charge >= 0.3 is 3.98 Å². The fourth-order valence-corrected chi connectivity index (χ4v) is 1.28. The molecule has 0 saturated carbocycles. The van der Waals surface area contributed by atoms with Crippen LogP contribution in [0.1, 0.15) is 5.56 Å². The molecule has 0 fully saturated rings. The average Bonchev–Trinajstić information content (AvgIpc) is 2.26. The van der Waals surface area contributed by atoms with Crippen LogP contribution in [-0.2, 0) is 11.3 Å². The van der Waals surface area contributed by atoms with Gasteiger partial charge < -0.3 is 9.47 Å². The van der Waals surface area contributed by atoms with Crippen LogP contribution < -0.4 is 4.74 Å². The predicted molar refractivity (Wildman–Crippen MR) is 64.3 cm³/mol. The molecule has 0 spiro atoms. The number of methoxy groups -OCH3 is 1. The lowest BCUT2D eigenvalue weighted by Gasteiger charge is -2.03. The minimum atomic E-state index is -0.699. The Hall–Kier alpha value is -0.910. The molecule has 4 heteroatoms. The van der Waals surface area contributed by atoms with Crippen molar-refractivity contribution < 1.29 is 14.3 Å². The van der Waals surface area contributed by atoms with Gasteiger partial charge in [0.1, 0.15) is 12.4 Å². The summed E-state index contributed by atoms with van der Waals surface area (Å²) in [6.45, 7) is 0.318. The van der Waals surface area contributed by atoms with E-state index in [0.29, 0.717) is 6.61 Å². The summed E-state index contributed by atoms with van der Waals surface area (Å²) in [5.41, 5.74) is 0.955. The number of benzene rings is 1. The van der Waals surface area contributed by atoms with Crippen molar-refractivity contribution in [1.29, 1.82) is 0 Å². The highest BCUT2D eigenvalue weighted by molar-refractivity contribution is 14.2. The molecule has 0 amide bonds. The minimum Gasteiger partial charge on any atom is -0.497 e. The van der Waals surface area contributed by atoms with Crippen molar-refractivity contribution in [3.05, 3.63) is 29.8 Å². The quantitative estimate of drug-likeness (QED) is 0.634. The van der Waals surface area contributed by atoms with Crippen LogP contribution in [0.15, 0.2) is 24.3 Å². The van der Waals surface area contributed by atoms with E-state index in [1.807, 2.05) is 24.3 Å². The van der Waals surface area contributed by atoms with Gasteiger partial charge in [0.05, 0.1) is 7.11 Å². The minimum absolute atomic E-state index is 0.181. The van der Waals surface area contributed by atoms with Crippen molar-refractivity contribution >= 4 is 29.2 Å². The molecule has 0 aliphatic carbocycles. The van der Waals surface area contributed by atoms with Crippen LogP contribution in [0.5, 0.6) is 5.75 Å². The topological polar surface area (TPSA) is 35.5 Å². The van der Waals surface area contributed by atoms with Gasteiger partial charge in [0.15, 0.2) is 0 Å². The van der Waals surface area contributed by atoms with Crippen LogP contribution in [0.3, 0.4) is 0 Å². The Labute approximate surface area is 92.8 Å². The summed E-state index contributed by atoms with van der Waals surface area (Å²) in [6, 6.07) is 7.41. The fourth-order valence-electron chi connectivity index (χ4n) is 0.900. The molecule has 1 rings (SSSR count). The first-order chi connectivity index (χ1) is 6.76. The van der Waals surface area contributed by atoms with E-state index < -0.39 is 20.7 Å². The van der Waals surface area contributed by atoms with Gasteiger partial charge in [0.25, 0.3) is 0 Å². The molecule has 0 aliphatic rings. The molecule has 1 aromatic rings. The summed E-state index contributed by atoms with van der Waals surface area (Å²) < 4.78 is 13.3. The first-order valence-corrected chi connectivity index (χ1v) is 6.54. The molecule has 0 N–H and O–H groups in total. The molecule has 0 atom stereocenters. The lowest BCUT2D eigenvalue weighted by Crippen LogP contribution is -1.94. The largest absolute Gasteiger partial charge is 0.497 e. The van der Waals surface area contributed by atoms with Gasteiger partial charge in [0, 0.05) is 0 Å². The number of carbonyl (C=O) groups excluding carboxylic acids is 1. The summed E-state index contributed by atoms with van der Waals surface area (Å²) in [6.07, 6.45) is 0. The monoisotopic (exact) mass is 306 g/mol. The molecule has 0 aromatic heterocycles. The van der Waals surface area contributed by atoms with Crippen molar-refractivity contribution in [2.24, 2.45) is 0 Å². The van der Waals surface area contributed by atoms with E-state index >= 15 is 0 Å². The van der Waals surface area contributed by atoms with Crippen LogP contribution in [0.25, 0.3) is 0 Å². The standard InChI is InChI=1S/C10H11IO3/c1-11-10(12)14-7-8-3-5-9(13-2)6-4-8/h3-6H,1,7H2,2H3. The summed E-state index contributed by atoms with van der Waals surface area (Å²) in [5, 5.41) is 0. The molecule has 14 heavy (non-hydrogen) atoms. The molecular weight excluding hydrogens is 295 g/mol. The highest BCUT2D eigenvalue weighted by atomic mass is 127. The van der Waals surface area contributed by atoms with Crippen molar-refractivity contribution in [1.82, 2.24) is 0 Å². The van der Waals surface area contributed by atoms with E-state index in [0.717, 1.165) is 11.3 Å². The van der Waals surface area contributed by atoms with Crippen LogP contribution in [0.2, 0.25) is 0 Å². The van der Waals surface area contributed by atoms with E-state index in [1.165, 1.54) is 0 Å². The molecule has 1 aromatic carbocycles. The van der Waals surface area contributed by atoms with E-state index in [1.54, 1.807) is 7.11 Å².